The van der Waals surface area contributed by atoms with Gasteiger partial charge in [0.15, 0.2) is 0 Å². The number of carbonyl (C=O) groups excluding carboxylic acids is 1. The molecule has 0 aliphatic carbocycles. The predicted octanol–water partition coefficient (Wildman–Crippen LogP) is 4.38. The molecule has 2 nitrogen and oxygen atoms in total. The highest BCUT2D eigenvalue weighted by Gasteiger charge is 2.07. The number of rotatable bonds is 5. The van der Waals surface area contributed by atoms with Crippen LogP contribution in [0.15, 0.2) is 30.3 Å². The maximum absolute atomic E-state index is 11.0. The lowest BCUT2D eigenvalue weighted by Gasteiger charge is -2.12. The third kappa shape index (κ3) is 8.80. The number of ether oxygens (including phenoxy) is 1. The van der Waals surface area contributed by atoms with Crippen LogP contribution in [-0.2, 0) is 16.0 Å². The first-order chi connectivity index (χ1) is 8.63. The third-order valence-corrected chi connectivity index (χ3v) is 2.49. The zero-order valence-electron chi connectivity index (χ0n) is 12.1. The molecule has 2 heteroatoms. The average Bonchev–Trinajstić information content (AvgIpc) is 2.39. The summed E-state index contributed by atoms with van der Waals surface area (Å²) in [5.74, 6) is -0.131. The van der Waals surface area contributed by atoms with E-state index in [9.17, 15) is 4.79 Å². The zero-order chi connectivity index (χ0) is 13.8. The van der Waals surface area contributed by atoms with Gasteiger partial charge in [-0.2, -0.15) is 0 Å². The molecule has 0 radical (unpaired) electrons. The standard InChI is InChI=1S/C12H16O2.C4H10/c1-3-12(13)14-10(2)9-11-7-5-4-6-8-11;1-3-4-2/h4-8,10H,3,9H2,1-2H3;3-4H2,1-2H3. The predicted molar refractivity (Wildman–Crippen MR) is 76.6 cm³/mol. The molecule has 0 fully saturated rings. The lowest BCUT2D eigenvalue weighted by molar-refractivity contribution is -0.147. The summed E-state index contributed by atoms with van der Waals surface area (Å²) in [5, 5.41) is 0. The van der Waals surface area contributed by atoms with Gasteiger partial charge >= 0.3 is 5.97 Å². The molecule has 18 heavy (non-hydrogen) atoms. The zero-order valence-corrected chi connectivity index (χ0v) is 12.1. The maximum atomic E-state index is 11.0. The fourth-order valence-electron chi connectivity index (χ4n) is 1.30. The monoisotopic (exact) mass is 250 g/mol. The van der Waals surface area contributed by atoms with Crippen molar-refractivity contribution in [3.05, 3.63) is 35.9 Å². The molecule has 0 amide bonds. The highest BCUT2D eigenvalue weighted by atomic mass is 16.5. The Labute approximate surface area is 111 Å². The quantitative estimate of drug-likeness (QED) is 0.725. The number of hydrogen-bond donors (Lipinski definition) is 0. The van der Waals surface area contributed by atoms with Crippen LogP contribution in [0.1, 0.15) is 52.5 Å². The molecule has 0 aromatic heterocycles. The summed E-state index contributed by atoms with van der Waals surface area (Å²) in [4.78, 5) is 11.0. The molecule has 0 bridgehead atoms. The van der Waals surface area contributed by atoms with Gasteiger partial charge in [0.1, 0.15) is 6.10 Å². The highest BCUT2D eigenvalue weighted by Crippen LogP contribution is 2.06. The topological polar surface area (TPSA) is 26.3 Å². The Bertz CT molecular complexity index is 304. The van der Waals surface area contributed by atoms with E-state index in [1.807, 2.05) is 37.3 Å². The van der Waals surface area contributed by atoms with E-state index in [2.05, 4.69) is 13.8 Å². The Kier molecular flexibility index (Phi) is 10.0. The van der Waals surface area contributed by atoms with E-state index >= 15 is 0 Å². The number of benzene rings is 1. The lowest BCUT2D eigenvalue weighted by Crippen LogP contribution is -2.16. The average molecular weight is 250 g/mol. The Balaban J connectivity index is 0.000000631. The third-order valence-electron chi connectivity index (χ3n) is 2.49. The molecule has 0 N–H and O–H groups in total. The van der Waals surface area contributed by atoms with Crippen LogP contribution in [0, 0.1) is 0 Å². The van der Waals surface area contributed by atoms with Gasteiger partial charge in [-0.1, -0.05) is 63.9 Å². The Hall–Kier alpha value is -1.31. The highest BCUT2D eigenvalue weighted by molar-refractivity contribution is 5.69. The number of esters is 1. The normalized spacial score (nSPS) is 11.1. The van der Waals surface area contributed by atoms with Crippen LogP contribution in [-0.4, -0.2) is 12.1 Å². The van der Waals surface area contributed by atoms with Crippen molar-refractivity contribution >= 4 is 5.97 Å². The van der Waals surface area contributed by atoms with Crippen molar-refractivity contribution in [2.45, 2.75) is 59.5 Å². The Morgan fingerprint density at radius 2 is 1.67 bits per heavy atom. The molecule has 0 heterocycles. The molecule has 0 aliphatic heterocycles. The first-order valence-electron chi connectivity index (χ1n) is 6.87. The number of unbranched alkanes of at least 4 members (excludes halogenated alkanes) is 1. The molecule has 102 valence electrons. The molecule has 1 aromatic carbocycles. The van der Waals surface area contributed by atoms with Gasteiger partial charge in [0, 0.05) is 12.8 Å². The van der Waals surface area contributed by atoms with Crippen molar-refractivity contribution in [1.29, 1.82) is 0 Å². The molecule has 0 saturated heterocycles. The van der Waals surface area contributed by atoms with Gasteiger partial charge in [-0.15, -0.1) is 0 Å². The maximum Gasteiger partial charge on any atom is 0.305 e. The van der Waals surface area contributed by atoms with E-state index in [4.69, 9.17) is 4.74 Å². The van der Waals surface area contributed by atoms with Crippen LogP contribution in [0.25, 0.3) is 0 Å². The summed E-state index contributed by atoms with van der Waals surface area (Å²) in [6, 6.07) is 10.0. The van der Waals surface area contributed by atoms with Crippen molar-refractivity contribution in [2.24, 2.45) is 0 Å². The second-order valence-corrected chi connectivity index (χ2v) is 4.34. The van der Waals surface area contributed by atoms with Crippen LogP contribution < -0.4 is 0 Å². The number of hydrogen-bond acceptors (Lipinski definition) is 2. The van der Waals surface area contributed by atoms with Crippen LogP contribution in [0.3, 0.4) is 0 Å². The minimum absolute atomic E-state index is 0.0372. The molecule has 1 rings (SSSR count). The first kappa shape index (κ1) is 16.7. The van der Waals surface area contributed by atoms with E-state index in [1.54, 1.807) is 6.92 Å². The number of carbonyl (C=O) groups is 1. The van der Waals surface area contributed by atoms with Gasteiger partial charge in [0.25, 0.3) is 0 Å². The summed E-state index contributed by atoms with van der Waals surface area (Å²) in [6.45, 7) is 8.08. The molecule has 1 unspecified atom stereocenters. The first-order valence-corrected chi connectivity index (χ1v) is 6.87. The van der Waals surface area contributed by atoms with Crippen LogP contribution in [0.4, 0.5) is 0 Å². The molecular formula is C16H26O2. The smallest absolute Gasteiger partial charge is 0.305 e. The minimum Gasteiger partial charge on any atom is -0.462 e. The van der Waals surface area contributed by atoms with Crippen LogP contribution in [0.5, 0.6) is 0 Å². The van der Waals surface area contributed by atoms with Crippen molar-refractivity contribution in [1.82, 2.24) is 0 Å². The van der Waals surface area contributed by atoms with Crippen LogP contribution >= 0.6 is 0 Å². The van der Waals surface area contributed by atoms with E-state index in [-0.39, 0.29) is 12.1 Å². The van der Waals surface area contributed by atoms with Crippen molar-refractivity contribution < 1.29 is 9.53 Å². The van der Waals surface area contributed by atoms with E-state index in [1.165, 1.54) is 18.4 Å². The Morgan fingerprint density at radius 1 is 1.11 bits per heavy atom. The molecule has 1 atom stereocenters. The van der Waals surface area contributed by atoms with Gasteiger partial charge in [0.2, 0.25) is 0 Å². The van der Waals surface area contributed by atoms with E-state index in [0.29, 0.717) is 6.42 Å². The fourth-order valence-corrected chi connectivity index (χ4v) is 1.30. The van der Waals surface area contributed by atoms with E-state index in [0.717, 1.165) is 6.42 Å². The summed E-state index contributed by atoms with van der Waals surface area (Å²) in [6.07, 6.45) is 3.83. The van der Waals surface area contributed by atoms with Gasteiger partial charge in [-0.05, 0) is 12.5 Å². The van der Waals surface area contributed by atoms with Crippen molar-refractivity contribution in [3.63, 3.8) is 0 Å². The van der Waals surface area contributed by atoms with Gasteiger partial charge in [0.05, 0.1) is 0 Å². The van der Waals surface area contributed by atoms with E-state index < -0.39 is 0 Å². The van der Waals surface area contributed by atoms with Gasteiger partial charge in [-0.3, -0.25) is 4.79 Å². The molecule has 0 spiro atoms. The summed E-state index contributed by atoms with van der Waals surface area (Å²) in [5.41, 5.74) is 1.20. The molecule has 0 aliphatic rings. The van der Waals surface area contributed by atoms with Gasteiger partial charge in [-0.25, -0.2) is 0 Å². The van der Waals surface area contributed by atoms with Gasteiger partial charge < -0.3 is 4.74 Å². The fraction of sp³-hybridized carbons (Fsp3) is 0.562. The van der Waals surface area contributed by atoms with Crippen molar-refractivity contribution in [3.8, 4) is 0 Å². The summed E-state index contributed by atoms with van der Waals surface area (Å²) in [7, 11) is 0. The summed E-state index contributed by atoms with van der Waals surface area (Å²) >= 11 is 0. The summed E-state index contributed by atoms with van der Waals surface area (Å²) < 4.78 is 5.16. The SMILES string of the molecule is CCC(=O)OC(C)Cc1ccccc1.CCCC. The molecule has 0 saturated carbocycles. The lowest BCUT2D eigenvalue weighted by atomic mass is 10.1. The van der Waals surface area contributed by atoms with Crippen LogP contribution in [0.2, 0.25) is 0 Å². The van der Waals surface area contributed by atoms with Crippen molar-refractivity contribution in [2.75, 3.05) is 0 Å². The molecular weight excluding hydrogens is 224 g/mol. The minimum atomic E-state index is -0.131. The Morgan fingerprint density at radius 3 is 2.11 bits per heavy atom. The largest absolute Gasteiger partial charge is 0.462 e. The second kappa shape index (κ2) is 10.8. The second-order valence-electron chi connectivity index (χ2n) is 4.34. The molecule has 1 aromatic rings.